The Balaban J connectivity index is 2.17. The number of H-pyrrole nitrogens is 1. The van der Waals surface area contributed by atoms with Gasteiger partial charge >= 0.3 is 0 Å². The van der Waals surface area contributed by atoms with Gasteiger partial charge in [-0.1, -0.05) is 12.8 Å². The molecule has 1 heterocycles. The highest BCUT2D eigenvalue weighted by molar-refractivity contribution is 9.10. The molecule has 1 saturated carbocycles. The third kappa shape index (κ3) is 2.46. The van der Waals surface area contributed by atoms with Crippen LogP contribution in [0.3, 0.4) is 0 Å². The van der Waals surface area contributed by atoms with E-state index in [1.54, 1.807) is 0 Å². The van der Waals surface area contributed by atoms with E-state index in [0.717, 1.165) is 17.5 Å². The summed E-state index contributed by atoms with van der Waals surface area (Å²) >= 11 is 10.7. The van der Waals surface area contributed by atoms with Gasteiger partial charge in [-0.25, -0.2) is 4.39 Å². The lowest BCUT2D eigenvalue weighted by atomic mass is 9.94. The quantitative estimate of drug-likeness (QED) is 0.705. The molecule has 0 radical (unpaired) electrons. The second-order valence-corrected chi connectivity index (χ2v) is 7.53. The molecule has 0 saturated heterocycles. The number of nitrogens with one attached hydrogen (secondary N) is 1. The van der Waals surface area contributed by atoms with Crippen LogP contribution in [0.15, 0.2) is 16.6 Å². The van der Waals surface area contributed by atoms with Gasteiger partial charge in [0.15, 0.2) is 4.77 Å². The molecule has 2 aromatic rings. The molecule has 1 aliphatic rings. The number of hydrogen-bond donors (Lipinski definition) is 1. The second kappa shape index (κ2) is 5.81. The predicted octanol–water partition coefficient (Wildman–Crippen LogP) is 5.45. The summed E-state index contributed by atoms with van der Waals surface area (Å²) in [7, 11) is 0. The Morgan fingerprint density at radius 2 is 2.15 bits per heavy atom. The average molecular weight is 375 g/mol. The van der Waals surface area contributed by atoms with Gasteiger partial charge in [0, 0.05) is 17.4 Å². The molecule has 0 amide bonds. The summed E-state index contributed by atoms with van der Waals surface area (Å²) in [5.41, 5.74) is 1.77. The summed E-state index contributed by atoms with van der Waals surface area (Å²) in [6.07, 6.45) is 7.05. The van der Waals surface area contributed by atoms with Gasteiger partial charge < -0.3 is 9.55 Å². The first-order valence-electron chi connectivity index (χ1n) is 6.74. The molecule has 2 nitrogen and oxygen atoms in total. The van der Waals surface area contributed by atoms with E-state index >= 15 is 0 Å². The first-order chi connectivity index (χ1) is 9.61. The van der Waals surface area contributed by atoms with Crippen LogP contribution in [0, 0.1) is 10.6 Å². The zero-order chi connectivity index (χ0) is 14.3. The van der Waals surface area contributed by atoms with Crippen LogP contribution in [0.25, 0.3) is 11.0 Å². The van der Waals surface area contributed by atoms with Gasteiger partial charge in [0.05, 0.1) is 15.5 Å². The van der Waals surface area contributed by atoms with Gasteiger partial charge in [-0.05, 0) is 53.3 Å². The maximum Gasteiger partial charge on any atom is 0.178 e. The van der Waals surface area contributed by atoms with E-state index in [9.17, 15) is 4.39 Å². The average Bonchev–Trinajstić information content (AvgIpc) is 2.74. The number of benzene rings is 1. The molecule has 6 heteroatoms. The van der Waals surface area contributed by atoms with Crippen molar-refractivity contribution in [1.29, 1.82) is 0 Å². The third-order valence-electron chi connectivity index (χ3n) is 4.06. The summed E-state index contributed by atoms with van der Waals surface area (Å²) in [4.78, 5) is 3.14. The summed E-state index contributed by atoms with van der Waals surface area (Å²) in [5.74, 6) is -0.258. The Kier molecular flexibility index (Phi) is 4.24. The first kappa shape index (κ1) is 14.6. The summed E-state index contributed by atoms with van der Waals surface area (Å²) in [6, 6.07) is 3.75. The molecular weight excluding hydrogens is 359 g/mol. The lowest BCUT2D eigenvalue weighted by Gasteiger charge is -2.31. The van der Waals surface area contributed by atoms with Crippen LogP contribution in [0.5, 0.6) is 0 Å². The molecule has 3 rings (SSSR count). The van der Waals surface area contributed by atoms with Crippen LogP contribution in [-0.4, -0.2) is 21.1 Å². The van der Waals surface area contributed by atoms with E-state index in [1.807, 2.05) is 17.8 Å². The summed E-state index contributed by atoms with van der Waals surface area (Å²) in [5, 5.41) is 0.582. The van der Waals surface area contributed by atoms with Crippen LogP contribution in [0.1, 0.15) is 31.7 Å². The summed E-state index contributed by atoms with van der Waals surface area (Å²) < 4.78 is 17.0. The van der Waals surface area contributed by atoms with Crippen molar-refractivity contribution >= 4 is 50.9 Å². The fraction of sp³-hybridized carbons (Fsp3) is 0.500. The molecule has 1 fully saturated rings. The minimum Gasteiger partial charge on any atom is -0.330 e. The first-order valence-corrected chi connectivity index (χ1v) is 9.23. The van der Waals surface area contributed by atoms with Crippen molar-refractivity contribution in [2.45, 2.75) is 37.0 Å². The zero-order valence-electron chi connectivity index (χ0n) is 11.2. The number of nitrogens with zero attached hydrogens (tertiary/aromatic N) is 1. The second-order valence-electron chi connectivity index (χ2n) is 5.21. The molecule has 20 heavy (non-hydrogen) atoms. The van der Waals surface area contributed by atoms with Crippen molar-refractivity contribution < 1.29 is 4.39 Å². The van der Waals surface area contributed by atoms with Crippen molar-refractivity contribution in [3.63, 3.8) is 0 Å². The Morgan fingerprint density at radius 3 is 2.90 bits per heavy atom. The number of hydrogen-bond acceptors (Lipinski definition) is 2. The highest BCUT2D eigenvalue weighted by Gasteiger charge is 2.27. The van der Waals surface area contributed by atoms with Gasteiger partial charge in [0.2, 0.25) is 0 Å². The zero-order valence-corrected chi connectivity index (χ0v) is 14.4. The molecule has 1 aromatic carbocycles. The topological polar surface area (TPSA) is 20.7 Å². The lowest BCUT2D eigenvalue weighted by Crippen LogP contribution is -2.25. The van der Waals surface area contributed by atoms with Gasteiger partial charge in [-0.2, -0.15) is 11.8 Å². The normalized spacial score (nSPS) is 23.4. The van der Waals surface area contributed by atoms with Crippen molar-refractivity contribution in [2.75, 3.05) is 6.26 Å². The number of thioether (sulfide) groups is 1. The molecule has 0 bridgehead atoms. The largest absolute Gasteiger partial charge is 0.330 e. The van der Waals surface area contributed by atoms with Crippen molar-refractivity contribution in [2.24, 2.45) is 0 Å². The minimum absolute atomic E-state index is 0.258. The fourth-order valence-electron chi connectivity index (χ4n) is 3.10. The maximum atomic E-state index is 13.7. The SMILES string of the molecule is CSC1CCCCC1n1c(=S)[nH]c2cc(F)c(Br)cc21. The van der Waals surface area contributed by atoms with Gasteiger partial charge in [-0.3, -0.25) is 0 Å². The molecule has 0 aliphatic heterocycles. The van der Waals surface area contributed by atoms with Crippen LogP contribution < -0.4 is 0 Å². The smallest absolute Gasteiger partial charge is 0.178 e. The van der Waals surface area contributed by atoms with Crippen molar-refractivity contribution in [3.05, 3.63) is 27.2 Å². The minimum atomic E-state index is -0.258. The van der Waals surface area contributed by atoms with E-state index in [4.69, 9.17) is 12.2 Å². The molecule has 0 spiro atoms. The molecule has 2 unspecified atom stereocenters. The van der Waals surface area contributed by atoms with Crippen LogP contribution in [0.2, 0.25) is 0 Å². The van der Waals surface area contributed by atoms with Crippen LogP contribution in [0.4, 0.5) is 4.39 Å². The highest BCUT2D eigenvalue weighted by atomic mass is 79.9. The molecular formula is C14H16BrFN2S2. The van der Waals surface area contributed by atoms with E-state index in [0.29, 0.717) is 20.5 Å². The molecule has 108 valence electrons. The van der Waals surface area contributed by atoms with E-state index in [-0.39, 0.29) is 5.82 Å². The van der Waals surface area contributed by atoms with Gasteiger partial charge in [0.25, 0.3) is 0 Å². The summed E-state index contributed by atoms with van der Waals surface area (Å²) in [6.45, 7) is 0. The van der Waals surface area contributed by atoms with Crippen LogP contribution in [-0.2, 0) is 0 Å². The number of aromatic amines is 1. The standard InChI is InChI=1S/C14H16BrFN2S2/c1-20-13-5-3-2-4-11(13)18-12-6-8(15)9(16)7-10(12)17-14(18)19/h6-7,11,13H,2-5H2,1H3,(H,17,19). The predicted molar refractivity (Wildman–Crippen MR) is 89.6 cm³/mol. The lowest BCUT2D eigenvalue weighted by molar-refractivity contribution is 0.369. The molecule has 1 aliphatic carbocycles. The Morgan fingerprint density at radius 1 is 1.40 bits per heavy atom. The molecule has 2 atom stereocenters. The Hall–Kier alpha value is -0.330. The van der Waals surface area contributed by atoms with Crippen LogP contribution >= 0.6 is 39.9 Å². The number of halogens is 2. The fourth-order valence-corrected chi connectivity index (χ4v) is 4.75. The molecule has 1 N–H and O–H groups in total. The number of rotatable bonds is 2. The third-order valence-corrected chi connectivity index (χ3v) is 6.12. The van der Waals surface area contributed by atoms with E-state index in [1.165, 1.54) is 25.3 Å². The Labute approximate surface area is 135 Å². The number of imidazole rings is 1. The van der Waals surface area contributed by atoms with Crippen molar-refractivity contribution in [3.8, 4) is 0 Å². The Bertz CT molecular complexity index is 694. The maximum absolute atomic E-state index is 13.7. The number of aromatic nitrogens is 2. The number of fused-ring (bicyclic) bond motifs is 1. The molecule has 1 aromatic heterocycles. The monoisotopic (exact) mass is 374 g/mol. The van der Waals surface area contributed by atoms with Gasteiger partial charge in [-0.15, -0.1) is 0 Å². The van der Waals surface area contributed by atoms with E-state index in [2.05, 4.69) is 31.7 Å². The van der Waals surface area contributed by atoms with Crippen molar-refractivity contribution in [1.82, 2.24) is 9.55 Å². The van der Waals surface area contributed by atoms with E-state index < -0.39 is 0 Å². The highest BCUT2D eigenvalue weighted by Crippen LogP contribution is 2.38. The van der Waals surface area contributed by atoms with Gasteiger partial charge in [0.1, 0.15) is 5.82 Å².